The van der Waals surface area contributed by atoms with Gasteiger partial charge in [0, 0.05) is 15.5 Å². The third-order valence-electron chi connectivity index (χ3n) is 2.07. The van der Waals surface area contributed by atoms with Crippen LogP contribution in [0.4, 0.5) is 0 Å². The maximum atomic E-state index is 6.11. The molecular formula is C10H8Cl2S2. The molecule has 0 radical (unpaired) electrons. The Balaban J connectivity index is 2.70. The summed E-state index contributed by atoms with van der Waals surface area (Å²) in [5.74, 6) is 0.565. The van der Waals surface area contributed by atoms with Gasteiger partial charge in [-0.1, -0.05) is 11.6 Å². The van der Waals surface area contributed by atoms with E-state index in [9.17, 15) is 0 Å². The van der Waals surface area contributed by atoms with E-state index in [1.807, 2.05) is 12.3 Å². The molecule has 14 heavy (non-hydrogen) atoms. The van der Waals surface area contributed by atoms with Gasteiger partial charge in [0.15, 0.2) is 0 Å². The standard InChI is InChI=1S/C10H8Cl2S2/c1-13-10-2-7-6(4-11)5-14-9(7)3-8(10)12/h2-3,5H,4H2,1H3. The lowest BCUT2D eigenvalue weighted by molar-refractivity contribution is 1.46. The molecule has 1 aromatic heterocycles. The number of alkyl halides is 1. The zero-order valence-electron chi connectivity index (χ0n) is 7.51. The summed E-state index contributed by atoms with van der Waals surface area (Å²) in [6.07, 6.45) is 2.03. The Labute approximate surface area is 101 Å². The molecule has 0 nitrogen and oxygen atoms in total. The molecule has 4 heteroatoms. The second-order valence-corrected chi connectivity index (χ2v) is 5.31. The number of hydrogen-bond acceptors (Lipinski definition) is 2. The number of fused-ring (bicyclic) bond motifs is 1. The molecule has 0 fully saturated rings. The van der Waals surface area contributed by atoms with Crippen molar-refractivity contribution in [2.24, 2.45) is 0 Å². The summed E-state index contributed by atoms with van der Waals surface area (Å²) < 4.78 is 1.21. The van der Waals surface area contributed by atoms with Crippen LogP contribution in [0.2, 0.25) is 5.02 Å². The Kier molecular flexibility index (Phi) is 3.27. The molecule has 0 atom stereocenters. The number of thiophene rings is 1. The van der Waals surface area contributed by atoms with E-state index >= 15 is 0 Å². The number of thioether (sulfide) groups is 1. The van der Waals surface area contributed by atoms with E-state index in [4.69, 9.17) is 23.2 Å². The van der Waals surface area contributed by atoms with Crippen molar-refractivity contribution in [2.45, 2.75) is 10.8 Å². The quantitative estimate of drug-likeness (QED) is 0.541. The van der Waals surface area contributed by atoms with Gasteiger partial charge in [0.2, 0.25) is 0 Å². The Bertz CT molecular complexity index is 462. The second kappa shape index (κ2) is 4.31. The Morgan fingerprint density at radius 3 is 2.86 bits per heavy atom. The van der Waals surface area contributed by atoms with Crippen molar-refractivity contribution in [3.63, 3.8) is 0 Å². The molecule has 0 unspecified atom stereocenters. The molecule has 0 bridgehead atoms. The van der Waals surface area contributed by atoms with E-state index in [1.54, 1.807) is 23.1 Å². The largest absolute Gasteiger partial charge is 0.143 e. The molecule has 0 aliphatic heterocycles. The second-order valence-electron chi connectivity index (χ2n) is 2.88. The first-order chi connectivity index (χ1) is 6.76. The maximum Gasteiger partial charge on any atom is 0.0556 e. The molecule has 2 rings (SSSR count). The molecule has 0 saturated heterocycles. The summed E-state index contributed by atoms with van der Waals surface area (Å²) in [5, 5.41) is 4.16. The van der Waals surface area contributed by atoms with Crippen LogP contribution in [-0.2, 0) is 5.88 Å². The lowest BCUT2D eigenvalue weighted by Gasteiger charge is -2.01. The van der Waals surface area contributed by atoms with Crippen LogP contribution in [-0.4, -0.2) is 6.26 Å². The summed E-state index contributed by atoms with van der Waals surface area (Å²) >= 11 is 15.3. The van der Waals surface area contributed by atoms with Gasteiger partial charge in [0.1, 0.15) is 0 Å². The van der Waals surface area contributed by atoms with Gasteiger partial charge in [-0.2, -0.15) is 0 Å². The minimum absolute atomic E-state index is 0.565. The van der Waals surface area contributed by atoms with Crippen LogP contribution in [0, 0.1) is 0 Å². The summed E-state index contributed by atoms with van der Waals surface area (Å²) in [6, 6.07) is 4.14. The van der Waals surface area contributed by atoms with E-state index in [-0.39, 0.29) is 0 Å². The molecule has 0 amide bonds. The van der Waals surface area contributed by atoms with E-state index in [0.717, 1.165) is 9.92 Å². The SMILES string of the molecule is CSc1cc2c(CCl)csc2cc1Cl. The van der Waals surface area contributed by atoms with Crippen molar-refractivity contribution in [2.75, 3.05) is 6.26 Å². The number of halogens is 2. The molecule has 0 spiro atoms. The van der Waals surface area contributed by atoms with Crippen molar-refractivity contribution in [3.8, 4) is 0 Å². The first-order valence-corrected chi connectivity index (χ1v) is 7.07. The van der Waals surface area contributed by atoms with Gasteiger partial charge < -0.3 is 0 Å². The fraction of sp³-hybridized carbons (Fsp3) is 0.200. The number of rotatable bonds is 2. The fourth-order valence-electron chi connectivity index (χ4n) is 1.34. The zero-order chi connectivity index (χ0) is 10.1. The highest BCUT2D eigenvalue weighted by atomic mass is 35.5. The third-order valence-corrected chi connectivity index (χ3v) is 4.56. The van der Waals surface area contributed by atoms with Crippen LogP contribution < -0.4 is 0 Å². The van der Waals surface area contributed by atoms with Crippen molar-refractivity contribution < 1.29 is 0 Å². The Morgan fingerprint density at radius 1 is 1.43 bits per heavy atom. The van der Waals surface area contributed by atoms with Crippen LogP contribution in [0.3, 0.4) is 0 Å². The summed E-state index contributed by atoms with van der Waals surface area (Å²) in [6.45, 7) is 0. The van der Waals surface area contributed by atoms with Gasteiger partial charge in [0.25, 0.3) is 0 Å². The lowest BCUT2D eigenvalue weighted by atomic mass is 10.2. The molecule has 0 aliphatic rings. The molecule has 74 valence electrons. The average Bonchev–Trinajstić information content (AvgIpc) is 2.58. The fourth-order valence-corrected chi connectivity index (χ4v) is 3.59. The molecule has 1 aromatic carbocycles. The minimum atomic E-state index is 0.565. The van der Waals surface area contributed by atoms with Crippen LogP contribution in [0.5, 0.6) is 0 Å². The molecule has 0 saturated carbocycles. The van der Waals surface area contributed by atoms with Crippen molar-refractivity contribution in [1.29, 1.82) is 0 Å². The van der Waals surface area contributed by atoms with Gasteiger partial charge in [-0.15, -0.1) is 34.7 Å². The Hall–Kier alpha value is 0.110. The predicted molar refractivity (Wildman–Crippen MR) is 68.2 cm³/mol. The zero-order valence-corrected chi connectivity index (χ0v) is 10.7. The summed E-state index contributed by atoms with van der Waals surface area (Å²) in [7, 11) is 0. The molecule has 2 aromatic rings. The average molecular weight is 263 g/mol. The van der Waals surface area contributed by atoms with Crippen molar-refractivity contribution in [1.82, 2.24) is 0 Å². The first-order valence-electron chi connectivity index (χ1n) is 4.06. The smallest absolute Gasteiger partial charge is 0.0556 e. The third kappa shape index (κ3) is 1.76. The maximum absolute atomic E-state index is 6.11. The highest BCUT2D eigenvalue weighted by Gasteiger charge is 2.07. The first kappa shape index (κ1) is 10.6. The van der Waals surface area contributed by atoms with E-state index in [0.29, 0.717) is 5.88 Å². The van der Waals surface area contributed by atoms with Crippen LogP contribution in [0.15, 0.2) is 22.4 Å². The highest BCUT2D eigenvalue weighted by molar-refractivity contribution is 7.98. The summed E-state index contributed by atoms with van der Waals surface area (Å²) in [5.41, 5.74) is 1.19. The van der Waals surface area contributed by atoms with Gasteiger partial charge in [0.05, 0.1) is 5.02 Å². The predicted octanol–water partition coefficient (Wildman–Crippen LogP) is 5.02. The van der Waals surface area contributed by atoms with Crippen molar-refractivity contribution >= 4 is 56.4 Å². The molecule has 0 aliphatic carbocycles. The van der Waals surface area contributed by atoms with Crippen LogP contribution >= 0.6 is 46.3 Å². The van der Waals surface area contributed by atoms with Crippen molar-refractivity contribution in [3.05, 3.63) is 28.1 Å². The van der Waals surface area contributed by atoms with Gasteiger partial charge in [-0.3, -0.25) is 0 Å². The monoisotopic (exact) mass is 262 g/mol. The highest BCUT2D eigenvalue weighted by Crippen LogP contribution is 2.35. The minimum Gasteiger partial charge on any atom is -0.143 e. The van der Waals surface area contributed by atoms with E-state index in [2.05, 4.69) is 11.4 Å². The molecule has 1 heterocycles. The molecular weight excluding hydrogens is 255 g/mol. The van der Waals surface area contributed by atoms with Gasteiger partial charge >= 0.3 is 0 Å². The Morgan fingerprint density at radius 2 is 2.21 bits per heavy atom. The van der Waals surface area contributed by atoms with Gasteiger partial charge in [-0.05, 0) is 34.7 Å². The summed E-state index contributed by atoms with van der Waals surface area (Å²) in [4.78, 5) is 1.11. The normalized spacial score (nSPS) is 11.1. The number of benzene rings is 1. The van der Waals surface area contributed by atoms with E-state index in [1.165, 1.54) is 15.6 Å². The van der Waals surface area contributed by atoms with Crippen LogP contribution in [0.25, 0.3) is 10.1 Å². The van der Waals surface area contributed by atoms with Gasteiger partial charge in [-0.25, -0.2) is 0 Å². The van der Waals surface area contributed by atoms with Crippen LogP contribution in [0.1, 0.15) is 5.56 Å². The molecule has 0 N–H and O–H groups in total. The lowest BCUT2D eigenvalue weighted by Crippen LogP contribution is -1.76. The van der Waals surface area contributed by atoms with E-state index < -0.39 is 0 Å². The number of hydrogen-bond donors (Lipinski definition) is 0. The topological polar surface area (TPSA) is 0 Å².